The van der Waals surface area contributed by atoms with Crippen LogP contribution in [0.25, 0.3) is 0 Å². The number of para-hydroxylation sites is 3. The van der Waals surface area contributed by atoms with E-state index >= 15 is 0 Å². The van der Waals surface area contributed by atoms with Gasteiger partial charge in [0.15, 0.2) is 0 Å². The number of benzene rings is 2. The van der Waals surface area contributed by atoms with Gasteiger partial charge in [0.1, 0.15) is 12.4 Å². The van der Waals surface area contributed by atoms with Gasteiger partial charge >= 0.3 is 0 Å². The van der Waals surface area contributed by atoms with Crippen LogP contribution in [-0.2, 0) is 9.53 Å². The highest BCUT2D eigenvalue weighted by molar-refractivity contribution is 5.94. The topological polar surface area (TPSA) is 59.6 Å². The molecule has 1 aliphatic heterocycles. The van der Waals surface area contributed by atoms with Gasteiger partial charge in [-0.25, -0.2) is 0 Å². The van der Waals surface area contributed by atoms with Crippen molar-refractivity contribution in [3.05, 3.63) is 54.1 Å². The summed E-state index contributed by atoms with van der Waals surface area (Å²) < 4.78 is 11.5. The van der Waals surface area contributed by atoms with Crippen LogP contribution in [0.2, 0.25) is 0 Å². The monoisotopic (exact) mass is 368 g/mol. The molecule has 3 rings (SSSR count). The number of rotatable bonds is 8. The van der Waals surface area contributed by atoms with Gasteiger partial charge in [0.25, 0.3) is 0 Å². The van der Waals surface area contributed by atoms with Gasteiger partial charge in [-0.15, -0.1) is 0 Å². The summed E-state index contributed by atoms with van der Waals surface area (Å²) in [4.78, 5) is 12.4. The zero-order chi connectivity index (χ0) is 19.1. The Morgan fingerprint density at radius 2 is 1.89 bits per heavy atom. The first kappa shape index (κ1) is 19.2. The molecule has 0 bridgehead atoms. The van der Waals surface area contributed by atoms with E-state index in [1.165, 1.54) is 0 Å². The van der Waals surface area contributed by atoms with Crippen LogP contribution in [0.5, 0.6) is 5.75 Å². The molecule has 0 spiro atoms. The SMILES string of the molecule is CC(C)c1ccccc1NC(=O)CNc1ccccc1OCC1CCCO1. The maximum absolute atomic E-state index is 12.4. The molecule has 5 nitrogen and oxygen atoms in total. The van der Waals surface area contributed by atoms with Gasteiger partial charge in [-0.1, -0.05) is 44.2 Å². The van der Waals surface area contributed by atoms with Crippen molar-refractivity contribution in [2.24, 2.45) is 0 Å². The van der Waals surface area contributed by atoms with Crippen molar-refractivity contribution in [3.8, 4) is 5.75 Å². The Hall–Kier alpha value is -2.53. The third kappa shape index (κ3) is 5.47. The van der Waals surface area contributed by atoms with E-state index in [2.05, 4.69) is 24.5 Å². The summed E-state index contributed by atoms with van der Waals surface area (Å²) in [7, 11) is 0. The summed E-state index contributed by atoms with van der Waals surface area (Å²) in [6.45, 7) is 5.75. The number of anilines is 2. The molecular weight excluding hydrogens is 340 g/mol. The maximum atomic E-state index is 12.4. The maximum Gasteiger partial charge on any atom is 0.243 e. The van der Waals surface area contributed by atoms with Crippen molar-refractivity contribution in [3.63, 3.8) is 0 Å². The summed E-state index contributed by atoms with van der Waals surface area (Å²) in [5.74, 6) is 1.00. The van der Waals surface area contributed by atoms with Crippen molar-refractivity contribution in [2.75, 3.05) is 30.4 Å². The summed E-state index contributed by atoms with van der Waals surface area (Å²) in [6.07, 6.45) is 2.29. The lowest BCUT2D eigenvalue weighted by Crippen LogP contribution is -2.23. The first-order chi connectivity index (χ1) is 13.1. The van der Waals surface area contributed by atoms with Gasteiger partial charge in [0.05, 0.1) is 18.3 Å². The molecule has 0 aliphatic carbocycles. The van der Waals surface area contributed by atoms with Crippen LogP contribution in [-0.4, -0.2) is 31.8 Å². The Labute approximate surface area is 161 Å². The molecule has 2 N–H and O–H groups in total. The Bertz CT molecular complexity index is 755. The molecule has 1 amide bonds. The molecule has 144 valence electrons. The highest BCUT2D eigenvalue weighted by Gasteiger charge is 2.17. The Morgan fingerprint density at radius 1 is 1.15 bits per heavy atom. The summed E-state index contributed by atoms with van der Waals surface area (Å²) in [5, 5.41) is 6.18. The standard InChI is InChI=1S/C22H28N2O3/c1-16(2)18-9-3-4-10-19(18)24-22(25)14-23-20-11-5-6-12-21(20)27-15-17-8-7-13-26-17/h3-6,9-12,16-17,23H,7-8,13-15H2,1-2H3,(H,24,25). The third-order valence-corrected chi connectivity index (χ3v) is 4.63. The predicted molar refractivity (Wildman–Crippen MR) is 109 cm³/mol. The van der Waals surface area contributed by atoms with Crippen LogP contribution < -0.4 is 15.4 Å². The molecule has 2 aromatic rings. The van der Waals surface area contributed by atoms with Crippen molar-refractivity contribution in [1.82, 2.24) is 0 Å². The minimum Gasteiger partial charge on any atom is -0.489 e. The second-order valence-electron chi connectivity index (χ2n) is 7.09. The lowest BCUT2D eigenvalue weighted by molar-refractivity contribution is -0.114. The average Bonchev–Trinajstić information content (AvgIpc) is 3.19. The van der Waals surface area contributed by atoms with Crippen LogP contribution in [0.15, 0.2) is 48.5 Å². The van der Waals surface area contributed by atoms with Crippen LogP contribution in [0.1, 0.15) is 38.2 Å². The van der Waals surface area contributed by atoms with E-state index < -0.39 is 0 Å². The van der Waals surface area contributed by atoms with Gasteiger partial charge in [0, 0.05) is 12.3 Å². The Balaban J connectivity index is 1.56. The van der Waals surface area contributed by atoms with Gasteiger partial charge in [-0.3, -0.25) is 4.79 Å². The van der Waals surface area contributed by atoms with E-state index in [1.807, 2.05) is 48.5 Å². The number of carbonyl (C=O) groups is 1. The first-order valence-corrected chi connectivity index (χ1v) is 9.59. The summed E-state index contributed by atoms with van der Waals surface area (Å²) in [6, 6.07) is 15.6. The molecule has 0 saturated carbocycles. The van der Waals surface area contributed by atoms with Crippen LogP contribution in [0.4, 0.5) is 11.4 Å². The number of carbonyl (C=O) groups excluding carboxylic acids is 1. The van der Waals surface area contributed by atoms with E-state index in [1.54, 1.807) is 0 Å². The number of hydrogen-bond acceptors (Lipinski definition) is 4. The quantitative estimate of drug-likeness (QED) is 0.724. The van der Waals surface area contributed by atoms with E-state index in [-0.39, 0.29) is 18.6 Å². The van der Waals surface area contributed by atoms with Gasteiger partial charge in [-0.2, -0.15) is 0 Å². The highest BCUT2D eigenvalue weighted by atomic mass is 16.5. The summed E-state index contributed by atoms with van der Waals surface area (Å²) >= 11 is 0. The average molecular weight is 368 g/mol. The van der Waals surface area contributed by atoms with Crippen molar-refractivity contribution in [2.45, 2.75) is 38.7 Å². The molecule has 1 aliphatic rings. The predicted octanol–water partition coefficient (Wildman–Crippen LogP) is 4.42. The normalized spacial score (nSPS) is 16.3. The zero-order valence-corrected chi connectivity index (χ0v) is 16.0. The fourth-order valence-corrected chi connectivity index (χ4v) is 3.18. The van der Waals surface area contributed by atoms with E-state index in [0.29, 0.717) is 12.5 Å². The lowest BCUT2D eigenvalue weighted by Gasteiger charge is -2.16. The van der Waals surface area contributed by atoms with Crippen molar-refractivity contribution in [1.29, 1.82) is 0 Å². The molecule has 1 unspecified atom stereocenters. The van der Waals surface area contributed by atoms with Crippen LogP contribution >= 0.6 is 0 Å². The van der Waals surface area contributed by atoms with Crippen molar-refractivity contribution >= 4 is 17.3 Å². The molecular formula is C22H28N2O3. The largest absolute Gasteiger partial charge is 0.489 e. The molecule has 1 atom stereocenters. The fraction of sp³-hybridized carbons (Fsp3) is 0.409. The number of nitrogens with one attached hydrogen (secondary N) is 2. The first-order valence-electron chi connectivity index (χ1n) is 9.59. The Kier molecular flexibility index (Phi) is 6.71. The third-order valence-electron chi connectivity index (χ3n) is 4.63. The Morgan fingerprint density at radius 3 is 2.63 bits per heavy atom. The molecule has 27 heavy (non-hydrogen) atoms. The molecule has 5 heteroatoms. The number of amides is 1. The second-order valence-corrected chi connectivity index (χ2v) is 7.09. The molecule has 1 saturated heterocycles. The molecule has 2 aromatic carbocycles. The zero-order valence-electron chi connectivity index (χ0n) is 16.0. The molecule has 1 fully saturated rings. The van der Waals surface area contributed by atoms with Crippen molar-refractivity contribution < 1.29 is 14.3 Å². The van der Waals surface area contributed by atoms with E-state index in [4.69, 9.17) is 9.47 Å². The smallest absolute Gasteiger partial charge is 0.243 e. The number of hydrogen-bond donors (Lipinski definition) is 2. The minimum atomic E-state index is -0.0861. The van der Waals surface area contributed by atoms with Crippen LogP contribution in [0.3, 0.4) is 0 Å². The highest BCUT2D eigenvalue weighted by Crippen LogP contribution is 2.26. The lowest BCUT2D eigenvalue weighted by atomic mass is 10.0. The molecule has 0 radical (unpaired) electrons. The van der Waals surface area contributed by atoms with Crippen LogP contribution in [0, 0.1) is 0 Å². The van der Waals surface area contributed by atoms with Gasteiger partial charge < -0.3 is 20.1 Å². The molecule has 1 heterocycles. The number of ether oxygens (including phenoxy) is 2. The van der Waals surface area contributed by atoms with E-state index in [0.717, 1.165) is 42.1 Å². The molecule has 0 aromatic heterocycles. The second kappa shape index (κ2) is 9.42. The fourth-order valence-electron chi connectivity index (χ4n) is 3.18. The van der Waals surface area contributed by atoms with E-state index in [9.17, 15) is 4.79 Å². The van der Waals surface area contributed by atoms with Gasteiger partial charge in [-0.05, 0) is 42.5 Å². The summed E-state index contributed by atoms with van der Waals surface area (Å²) in [5.41, 5.74) is 2.80. The van der Waals surface area contributed by atoms with Gasteiger partial charge in [0.2, 0.25) is 5.91 Å². The minimum absolute atomic E-state index is 0.0861.